The fourth-order valence-corrected chi connectivity index (χ4v) is 33.2. The number of amides is 2. The van der Waals surface area contributed by atoms with Gasteiger partial charge in [-0.05, 0) is 161 Å². The Morgan fingerprint density at radius 1 is 0.582 bits per heavy atom. The second-order valence-corrected chi connectivity index (χ2v) is 46.1. The lowest BCUT2D eigenvalue weighted by molar-refractivity contribution is -0.0808. The summed E-state index contributed by atoms with van der Waals surface area (Å²) in [6.45, 7) is 35.0. The predicted octanol–water partition coefficient (Wildman–Crippen LogP) is 9.24. The molecule has 18 heteroatoms. The Bertz CT molecular complexity index is 1090. The smallest absolute Gasteiger partial charge is 0.407 e. The Morgan fingerprint density at radius 2 is 1.00 bits per heavy atom. The molecule has 324 valence electrons. The average Bonchev–Trinajstić information content (AvgIpc) is 3.61. The molecule has 0 radical (unpaired) electrons. The van der Waals surface area contributed by atoms with E-state index >= 15 is 0 Å². The second kappa shape index (κ2) is 21.7. The summed E-state index contributed by atoms with van der Waals surface area (Å²) in [6, 6.07) is 1.62. The summed E-state index contributed by atoms with van der Waals surface area (Å²) in [5.74, 6) is 2.01. The van der Waals surface area contributed by atoms with Crippen molar-refractivity contribution in [2.24, 2.45) is 23.2 Å². The van der Waals surface area contributed by atoms with Crippen LogP contribution in [0.1, 0.15) is 45.4 Å². The average molecular weight is 884 g/mol. The first kappa shape index (κ1) is 50.7. The minimum atomic E-state index is -2.44. The molecule has 0 aliphatic heterocycles. The van der Waals surface area contributed by atoms with Crippen LogP contribution in [0.5, 0.6) is 0 Å². The molecule has 0 aromatic carbocycles. The fraction of sp³-hybridized carbons (Fsp3) is 0.946. The van der Waals surface area contributed by atoms with E-state index in [0.29, 0.717) is 38.1 Å². The summed E-state index contributed by atoms with van der Waals surface area (Å²) in [7, 11) is -12.2. The van der Waals surface area contributed by atoms with Gasteiger partial charge in [0.2, 0.25) is 0 Å². The van der Waals surface area contributed by atoms with Crippen molar-refractivity contribution in [3.05, 3.63) is 0 Å². The van der Waals surface area contributed by atoms with Crippen LogP contribution in [0.4, 0.5) is 9.59 Å². The van der Waals surface area contributed by atoms with Crippen molar-refractivity contribution in [3.63, 3.8) is 0 Å². The monoisotopic (exact) mass is 882 g/mol. The van der Waals surface area contributed by atoms with Crippen molar-refractivity contribution < 1.29 is 45.0 Å². The Morgan fingerprint density at radius 3 is 1.35 bits per heavy atom. The molecule has 3 atom stereocenters. The van der Waals surface area contributed by atoms with Gasteiger partial charge >= 0.3 is 29.3 Å². The normalized spacial score (nSPS) is 19.8. The maximum Gasteiger partial charge on any atom is 0.407 e. The molecule has 2 rings (SSSR count). The number of rotatable bonds is 27. The van der Waals surface area contributed by atoms with Crippen molar-refractivity contribution in [1.82, 2.24) is 10.6 Å². The molecule has 2 saturated carbocycles. The zero-order valence-corrected chi connectivity index (χ0v) is 43.6. The van der Waals surface area contributed by atoms with Gasteiger partial charge in [0.05, 0.1) is 18.6 Å². The van der Waals surface area contributed by atoms with E-state index in [2.05, 4.69) is 102 Å². The van der Waals surface area contributed by atoms with Crippen LogP contribution < -0.4 is 10.6 Å². The molecule has 0 spiro atoms. The van der Waals surface area contributed by atoms with E-state index in [1.807, 2.05) is 6.92 Å². The van der Waals surface area contributed by atoms with Crippen molar-refractivity contribution in [1.29, 1.82) is 0 Å². The SMILES string of the molecule is CCNC(=O)OCC(COCCC[Si](C)(O[Si](C)(C)C)O[Si](C)(C)C)(COCCC[Si](C)(O[Si](C)(C)C)O[Si](C)(C)C)COC(=O)NCC1CC2CCC1C2. The number of carbonyl (C=O) groups is 2. The third-order valence-corrected chi connectivity index (χ3v) is 28.7. The molecule has 12 nitrogen and oxygen atoms in total. The predicted molar refractivity (Wildman–Crippen MR) is 237 cm³/mol. The molecule has 2 aliphatic carbocycles. The standard InChI is InChI=1S/C37H82N2O10Si6/c1-16-38-35(40)44-30-37(31-45-36(41)39-27-34-26-32-19-20-33(34)25-32,28-42-21-17-23-54(14,46-50(2,3)4)47-51(5,6)7)29-43-22-18-24-55(15,48-52(8,9)10)49-53(11,12)13/h32-34H,16-31H2,1-15H3,(H,38,40)(H,39,41). The summed E-state index contributed by atoms with van der Waals surface area (Å²) >= 11 is 0. The quantitative estimate of drug-likeness (QED) is 0.0608. The van der Waals surface area contributed by atoms with E-state index in [0.717, 1.165) is 30.8 Å². The molecule has 2 fully saturated rings. The largest absolute Gasteiger partial charge is 0.449 e. The van der Waals surface area contributed by atoms with E-state index in [9.17, 15) is 9.59 Å². The number of fused-ring (bicyclic) bond motifs is 2. The Kier molecular flexibility index (Phi) is 20.1. The molecule has 0 saturated heterocycles. The van der Waals surface area contributed by atoms with E-state index in [-0.39, 0.29) is 26.4 Å². The fourth-order valence-electron chi connectivity index (χ4n) is 8.18. The van der Waals surface area contributed by atoms with Gasteiger partial charge in [0, 0.05) is 26.3 Å². The lowest BCUT2D eigenvalue weighted by Crippen LogP contribution is -2.52. The van der Waals surface area contributed by atoms with Crippen molar-refractivity contribution >= 4 is 62.6 Å². The van der Waals surface area contributed by atoms with Gasteiger partial charge in [-0.1, -0.05) is 6.42 Å². The molecule has 3 unspecified atom stereocenters. The van der Waals surface area contributed by atoms with E-state index in [4.69, 9.17) is 35.4 Å². The molecule has 2 amide bonds. The first-order valence-corrected chi connectivity index (χ1v) is 39.6. The molecule has 55 heavy (non-hydrogen) atoms. The highest BCUT2D eigenvalue weighted by Gasteiger charge is 2.43. The lowest BCUT2D eigenvalue weighted by Gasteiger charge is -2.38. The van der Waals surface area contributed by atoms with Crippen LogP contribution in [0.3, 0.4) is 0 Å². The maximum absolute atomic E-state index is 13.2. The molecule has 2 aliphatic rings. The van der Waals surface area contributed by atoms with Gasteiger partial charge in [-0.15, -0.1) is 0 Å². The van der Waals surface area contributed by atoms with Crippen molar-refractivity contribution in [2.75, 3.05) is 52.7 Å². The van der Waals surface area contributed by atoms with Gasteiger partial charge in [0.1, 0.15) is 13.2 Å². The summed E-state index contributed by atoms with van der Waals surface area (Å²) in [6.07, 6.45) is 5.55. The topological polar surface area (TPSA) is 132 Å². The third-order valence-electron chi connectivity index (χ3n) is 9.48. The highest BCUT2D eigenvalue weighted by Crippen LogP contribution is 2.48. The summed E-state index contributed by atoms with van der Waals surface area (Å²) in [5, 5.41) is 5.74. The number of hydrogen-bond donors (Lipinski definition) is 2. The van der Waals surface area contributed by atoms with E-state index in [1.54, 1.807) is 0 Å². The van der Waals surface area contributed by atoms with Crippen LogP contribution in [-0.4, -0.2) is 115 Å². The van der Waals surface area contributed by atoms with Crippen molar-refractivity contribution in [3.8, 4) is 0 Å². The maximum atomic E-state index is 13.2. The summed E-state index contributed by atoms with van der Waals surface area (Å²) in [4.78, 5) is 25.8. The van der Waals surface area contributed by atoms with E-state index < -0.39 is 68.0 Å². The summed E-state index contributed by atoms with van der Waals surface area (Å²) in [5.41, 5.74) is -0.927. The number of alkyl carbamates (subject to hydrolysis) is 2. The Balaban J connectivity index is 2.18. The molecule has 0 aromatic rings. The molecule has 0 aromatic heterocycles. The van der Waals surface area contributed by atoms with Crippen LogP contribution in [0, 0.1) is 23.2 Å². The molecule has 2 bridgehead atoms. The van der Waals surface area contributed by atoms with Gasteiger partial charge < -0.3 is 46.0 Å². The van der Waals surface area contributed by atoms with Gasteiger partial charge in [-0.25, -0.2) is 9.59 Å². The van der Waals surface area contributed by atoms with Gasteiger partial charge in [0.25, 0.3) is 0 Å². The Labute approximate surface area is 341 Å². The highest BCUT2D eigenvalue weighted by molar-refractivity contribution is 6.88. The van der Waals surface area contributed by atoms with E-state index in [1.165, 1.54) is 25.7 Å². The number of carbonyl (C=O) groups excluding carboxylic acids is 2. The third kappa shape index (κ3) is 22.0. The van der Waals surface area contributed by atoms with Crippen LogP contribution in [0.15, 0.2) is 0 Å². The first-order valence-electron chi connectivity index (χ1n) is 20.9. The van der Waals surface area contributed by atoms with Gasteiger partial charge in [-0.2, -0.15) is 0 Å². The number of nitrogens with one attached hydrogen (secondary N) is 2. The minimum Gasteiger partial charge on any atom is -0.449 e. The molecule has 2 N–H and O–H groups in total. The van der Waals surface area contributed by atoms with Crippen molar-refractivity contribution in [2.45, 2.75) is 149 Å². The van der Waals surface area contributed by atoms with Crippen LogP contribution in [-0.2, 0) is 35.4 Å². The highest BCUT2D eigenvalue weighted by atomic mass is 28.5. The van der Waals surface area contributed by atoms with Crippen LogP contribution >= 0.6 is 0 Å². The molecule has 0 heterocycles. The Hall–Kier alpha value is -0.399. The van der Waals surface area contributed by atoms with Gasteiger partial charge in [-0.3, -0.25) is 0 Å². The second-order valence-electron chi connectivity index (χ2n) is 20.4. The lowest BCUT2D eigenvalue weighted by atomic mass is 9.89. The number of hydrogen-bond acceptors (Lipinski definition) is 10. The van der Waals surface area contributed by atoms with Crippen LogP contribution in [0.25, 0.3) is 0 Å². The molecular formula is C37H82N2O10Si6. The zero-order valence-electron chi connectivity index (χ0n) is 37.6. The number of ether oxygens (including phenoxy) is 4. The van der Waals surface area contributed by atoms with Gasteiger partial charge in [0.15, 0.2) is 33.3 Å². The zero-order chi connectivity index (χ0) is 41.8. The summed E-state index contributed by atoms with van der Waals surface area (Å²) < 4.78 is 51.2. The minimum absolute atomic E-state index is 0.0250. The molecular weight excluding hydrogens is 801 g/mol. The first-order chi connectivity index (χ1) is 25.1. The van der Waals surface area contributed by atoms with Crippen LogP contribution in [0.2, 0.25) is 104 Å².